The number of methoxy groups -OCH3 is 1. The van der Waals surface area contributed by atoms with E-state index < -0.39 is 6.10 Å². The zero-order valence-electron chi connectivity index (χ0n) is 14.2. The Bertz CT molecular complexity index is 655. The third kappa shape index (κ3) is 5.50. The molecule has 0 aliphatic carbocycles. The second-order valence-corrected chi connectivity index (χ2v) is 5.39. The molecule has 5 nitrogen and oxygen atoms in total. The van der Waals surface area contributed by atoms with Crippen LogP contribution < -0.4 is 19.5 Å². The summed E-state index contributed by atoms with van der Waals surface area (Å²) in [6, 6.07) is 14.9. The fraction of sp³-hybridized carbons (Fsp3) is 0.316. The molecular weight excluding hydrogens is 306 g/mol. The lowest BCUT2D eigenvalue weighted by Crippen LogP contribution is -2.38. The Labute approximate surface area is 142 Å². The minimum absolute atomic E-state index is 0.182. The third-order valence-corrected chi connectivity index (χ3v) is 3.40. The maximum Gasteiger partial charge on any atom is 0.260 e. The normalized spacial score (nSPS) is 11.5. The number of hydrogen-bond donors (Lipinski definition) is 1. The first-order chi connectivity index (χ1) is 11.6. The van der Waals surface area contributed by atoms with Crippen LogP contribution in [0.5, 0.6) is 17.2 Å². The van der Waals surface area contributed by atoms with Crippen LogP contribution in [0.1, 0.15) is 12.5 Å². The van der Waals surface area contributed by atoms with Crippen molar-refractivity contribution in [3.63, 3.8) is 0 Å². The Balaban J connectivity index is 1.71. The van der Waals surface area contributed by atoms with Crippen molar-refractivity contribution < 1.29 is 19.0 Å². The molecule has 0 saturated carbocycles. The molecule has 0 aliphatic rings. The quantitative estimate of drug-likeness (QED) is 0.757. The highest BCUT2D eigenvalue weighted by Gasteiger charge is 2.14. The summed E-state index contributed by atoms with van der Waals surface area (Å²) in [5.41, 5.74) is 1.14. The second-order valence-electron chi connectivity index (χ2n) is 5.39. The molecule has 0 fully saturated rings. The molecule has 0 aromatic heterocycles. The van der Waals surface area contributed by atoms with Crippen LogP contribution in [-0.4, -0.2) is 32.3 Å². The van der Waals surface area contributed by atoms with E-state index in [9.17, 15) is 4.79 Å². The van der Waals surface area contributed by atoms with Gasteiger partial charge >= 0.3 is 0 Å². The number of nitrogens with one attached hydrogen (secondary N) is 1. The number of ether oxygens (including phenoxy) is 3. The molecule has 2 aromatic carbocycles. The van der Waals surface area contributed by atoms with Crippen molar-refractivity contribution in [2.75, 3.05) is 20.3 Å². The molecule has 0 saturated heterocycles. The number of carbonyl (C=O) groups excluding carboxylic acids is 1. The van der Waals surface area contributed by atoms with E-state index in [0.717, 1.165) is 17.1 Å². The summed E-state index contributed by atoms with van der Waals surface area (Å²) in [5.74, 6) is 1.98. The summed E-state index contributed by atoms with van der Waals surface area (Å²) in [6.45, 7) is 4.54. The summed E-state index contributed by atoms with van der Waals surface area (Å²) in [5, 5.41) is 2.80. The average Bonchev–Trinajstić information content (AvgIpc) is 2.59. The lowest BCUT2D eigenvalue weighted by molar-refractivity contribution is -0.127. The Hall–Kier alpha value is -2.69. The fourth-order valence-corrected chi connectivity index (χ4v) is 2.10. The van der Waals surface area contributed by atoms with Crippen molar-refractivity contribution in [2.45, 2.75) is 20.0 Å². The molecule has 1 atom stereocenters. The number of carbonyl (C=O) groups is 1. The number of amides is 1. The summed E-state index contributed by atoms with van der Waals surface area (Å²) in [6.07, 6.45) is -0.586. The molecule has 0 radical (unpaired) electrons. The van der Waals surface area contributed by atoms with Gasteiger partial charge < -0.3 is 19.5 Å². The Morgan fingerprint density at radius 1 is 1.08 bits per heavy atom. The summed E-state index contributed by atoms with van der Waals surface area (Å²) in [4.78, 5) is 12.0. The standard InChI is InChI=1S/C19H23NO4/c1-14-5-4-6-18(13-14)23-12-11-20-19(21)15(2)24-17-9-7-16(22-3)8-10-17/h4-10,13,15H,11-12H2,1-3H3,(H,20,21)/t15-/m0/s1. The topological polar surface area (TPSA) is 56.8 Å². The van der Waals surface area contributed by atoms with E-state index in [1.807, 2.05) is 31.2 Å². The highest BCUT2D eigenvalue weighted by atomic mass is 16.5. The number of aryl methyl sites for hydroxylation is 1. The summed E-state index contributed by atoms with van der Waals surface area (Å²) in [7, 11) is 1.60. The average molecular weight is 329 g/mol. The van der Waals surface area contributed by atoms with Gasteiger partial charge in [0.1, 0.15) is 23.9 Å². The molecule has 2 aromatic rings. The van der Waals surface area contributed by atoms with Crippen LogP contribution in [0.15, 0.2) is 48.5 Å². The first-order valence-electron chi connectivity index (χ1n) is 7.86. The molecule has 5 heteroatoms. The van der Waals surface area contributed by atoms with Gasteiger partial charge in [-0.05, 0) is 55.8 Å². The highest BCUT2D eigenvalue weighted by molar-refractivity contribution is 5.80. The molecule has 1 N–H and O–H groups in total. The molecule has 128 valence electrons. The van der Waals surface area contributed by atoms with Crippen molar-refractivity contribution in [1.82, 2.24) is 5.32 Å². The van der Waals surface area contributed by atoms with Crippen molar-refractivity contribution >= 4 is 5.91 Å². The van der Waals surface area contributed by atoms with Crippen molar-refractivity contribution in [3.05, 3.63) is 54.1 Å². The third-order valence-electron chi connectivity index (χ3n) is 3.40. The maximum absolute atomic E-state index is 12.0. The zero-order chi connectivity index (χ0) is 17.4. The first-order valence-corrected chi connectivity index (χ1v) is 7.86. The molecule has 0 heterocycles. The van der Waals surface area contributed by atoms with Gasteiger partial charge in [-0.15, -0.1) is 0 Å². The van der Waals surface area contributed by atoms with Crippen molar-refractivity contribution in [2.24, 2.45) is 0 Å². The van der Waals surface area contributed by atoms with E-state index >= 15 is 0 Å². The summed E-state index contributed by atoms with van der Waals surface area (Å²) < 4.78 is 16.3. The molecule has 0 bridgehead atoms. The van der Waals surface area contributed by atoms with Gasteiger partial charge in [-0.2, -0.15) is 0 Å². The van der Waals surface area contributed by atoms with Gasteiger partial charge in [-0.1, -0.05) is 12.1 Å². The summed E-state index contributed by atoms with van der Waals surface area (Å²) >= 11 is 0. The van der Waals surface area contributed by atoms with Crippen LogP contribution in [0.4, 0.5) is 0 Å². The van der Waals surface area contributed by atoms with Gasteiger partial charge in [0.25, 0.3) is 5.91 Å². The Kier molecular flexibility index (Phi) is 6.49. The SMILES string of the molecule is COc1ccc(O[C@@H](C)C(=O)NCCOc2cccc(C)c2)cc1. The Morgan fingerprint density at radius 3 is 2.46 bits per heavy atom. The predicted octanol–water partition coefficient (Wildman–Crippen LogP) is 2.97. The van der Waals surface area contributed by atoms with Gasteiger partial charge in [0.15, 0.2) is 6.10 Å². The smallest absolute Gasteiger partial charge is 0.260 e. The molecule has 1 amide bonds. The lowest BCUT2D eigenvalue weighted by atomic mass is 10.2. The number of benzene rings is 2. The molecule has 0 spiro atoms. The molecule has 2 rings (SSSR count). The fourth-order valence-electron chi connectivity index (χ4n) is 2.10. The van der Waals surface area contributed by atoms with Gasteiger partial charge in [0.2, 0.25) is 0 Å². The predicted molar refractivity (Wildman–Crippen MR) is 92.8 cm³/mol. The highest BCUT2D eigenvalue weighted by Crippen LogP contribution is 2.18. The molecule has 0 unspecified atom stereocenters. The van der Waals surface area contributed by atoms with E-state index in [1.54, 1.807) is 38.3 Å². The van der Waals surface area contributed by atoms with Crippen LogP contribution in [0.2, 0.25) is 0 Å². The molecular formula is C19H23NO4. The molecule has 24 heavy (non-hydrogen) atoms. The minimum Gasteiger partial charge on any atom is -0.497 e. The van der Waals surface area contributed by atoms with Crippen molar-refractivity contribution in [3.8, 4) is 17.2 Å². The van der Waals surface area contributed by atoms with E-state index in [-0.39, 0.29) is 5.91 Å². The van der Waals surface area contributed by atoms with E-state index in [2.05, 4.69) is 5.32 Å². The monoisotopic (exact) mass is 329 g/mol. The Morgan fingerprint density at radius 2 is 1.79 bits per heavy atom. The van der Waals surface area contributed by atoms with Crippen molar-refractivity contribution in [1.29, 1.82) is 0 Å². The van der Waals surface area contributed by atoms with E-state index in [0.29, 0.717) is 18.9 Å². The largest absolute Gasteiger partial charge is 0.497 e. The number of rotatable bonds is 8. The van der Waals surface area contributed by atoms with Gasteiger partial charge in [-0.25, -0.2) is 0 Å². The van der Waals surface area contributed by atoms with Crippen LogP contribution in [0, 0.1) is 6.92 Å². The maximum atomic E-state index is 12.0. The van der Waals surface area contributed by atoms with Crippen LogP contribution in [-0.2, 0) is 4.79 Å². The van der Waals surface area contributed by atoms with E-state index in [1.165, 1.54) is 0 Å². The lowest BCUT2D eigenvalue weighted by Gasteiger charge is -2.15. The second kappa shape index (κ2) is 8.82. The van der Waals surface area contributed by atoms with Gasteiger partial charge in [0.05, 0.1) is 13.7 Å². The number of hydrogen-bond acceptors (Lipinski definition) is 4. The van der Waals surface area contributed by atoms with Crippen LogP contribution >= 0.6 is 0 Å². The van der Waals surface area contributed by atoms with Crippen LogP contribution in [0.3, 0.4) is 0 Å². The van der Waals surface area contributed by atoms with Crippen LogP contribution in [0.25, 0.3) is 0 Å². The van der Waals surface area contributed by atoms with Gasteiger partial charge in [0, 0.05) is 0 Å². The minimum atomic E-state index is -0.586. The zero-order valence-corrected chi connectivity index (χ0v) is 14.2. The van der Waals surface area contributed by atoms with Gasteiger partial charge in [-0.3, -0.25) is 4.79 Å². The molecule has 0 aliphatic heterocycles. The van der Waals surface area contributed by atoms with E-state index in [4.69, 9.17) is 14.2 Å². The first kappa shape index (κ1) is 17.7.